The van der Waals surface area contributed by atoms with E-state index in [0.29, 0.717) is 6.42 Å². The predicted octanol–water partition coefficient (Wildman–Crippen LogP) is 3.03. The molecule has 1 unspecified atom stereocenters. The smallest absolute Gasteiger partial charge is 0.407 e. The van der Waals surface area contributed by atoms with Gasteiger partial charge in [0.15, 0.2) is 0 Å². The number of ether oxygens (including phenoxy) is 1. The number of carbonyl (C=O) groups is 1. The van der Waals surface area contributed by atoms with Gasteiger partial charge in [0.25, 0.3) is 0 Å². The fourth-order valence-corrected chi connectivity index (χ4v) is 1.78. The summed E-state index contributed by atoms with van der Waals surface area (Å²) in [7, 11) is 0. The highest BCUT2D eigenvalue weighted by Gasteiger charge is 2.30. The van der Waals surface area contributed by atoms with Crippen molar-refractivity contribution in [2.45, 2.75) is 58.3 Å². The van der Waals surface area contributed by atoms with Crippen LogP contribution in [0.2, 0.25) is 0 Å². The van der Waals surface area contributed by atoms with E-state index in [-0.39, 0.29) is 5.82 Å². The number of nitrogens with one attached hydrogen (secondary N) is 1. The number of amides is 1. The second-order valence-electron chi connectivity index (χ2n) is 6.68. The van der Waals surface area contributed by atoms with Crippen molar-refractivity contribution in [1.82, 2.24) is 5.32 Å². The first-order chi connectivity index (χ1) is 9.47. The standard InChI is InChI=1S/C16H24FNO3/c1-15(2,3)21-14(19)18-13(16(4,5)20)10-11-6-8-12(17)9-7-11/h6-9,13,20H,10H2,1-5H3,(H,18,19). The van der Waals surface area contributed by atoms with E-state index in [2.05, 4.69) is 5.32 Å². The van der Waals surface area contributed by atoms with Crippen LogP contribution >= 0.6 is 0 Å². The van der Waals surface area contributed by atoms with E-state index in [4.69, 9.17) is 4.74 Å². The first-order valence-electron chi connectivity index (χ1n) is 6.94. The van der Waals surface area contributed by atoms with E-state index in [1.807, 2.05) is 0 Å². The minimum Gasteiger partial charge on any atom is -0.444 e. The number of halogens is 1. The van der Waals surface area contributed by atoms with Crippen LogP contribution in [0, 0.1) is 5.82 Å². The molecule has 0 aliphatic rings. The molecule has 5 heteroatoms. The van der Waals surface area contributed by atoms with Crippen molar-refractivity contribution in [2.24, 2.45) is 0 Å². The minimum absolute atomic E-state index is 0.321. The van der Waals surface area contributed by atoms with Crippen LogP contribution in [0.1, 0.15) is 40.2 Å². The molecule has 0 saturated carbocycles. The molecular formula is C16H24FNO3. The Morgan fingerprint density at radius 2 is 1.76 bits per heavy atom. The Morgan fingerprint density at radius 3 is 2.19 bits per heavy atom. The van der Waals surface area contributed by atoms with Gasteiger partial charge in [-0.05, 0) is 58.7 Å². The molecule has 1 aromatic rings. The first kappa shape index (κ1) is 17.4. The summed E-state index contributed by atoms with van der Waals surface area (Å²) in [4.78, 5) is 11.9. The highest BCUT2D eigenvalue weighted by molar-refractivity contribution is 5.68. The molecule has 1 amide bonds. The van der Waals surface area contributed by atoms with Gasteiger partial charge >= 0.3 is 6.09 Å². The molecule has 0 aliphatic heterocycles. The zero-order chi connectivity index (χ0) is 16.3. The third kappa shape index (κ3) is 6.58. The summed E-state index contributed by atoms with van der Waals surface area (Å²) in [6.45, 7) is 8.53. The zero-order valence-electron chi connectivity index (χ0n) is 13.2. The lowest BCUT2D eigenvalue weighted by Crippen LogP contribution is -2.51. The van der Waals surface area contributed by atoms with Crippen molar-refractivity contribution in [1.29, 1.82) is 0 Å². The normalized spacial score (nSPS) is 13.7. The minimum atomic E-state index is -1.13. The Morgan fingerprint density at radius 1 is 1.24 bits per heavy atom. The molecule has 1 aromatic carbocycles. The van der Waals surface area contributed by atoms with Gasteiger partial charge in [-0.2, -0.15) is 0 Å². The van der Waals surface area contributed by atoms with Gasteiger partial charge < -0.3 is 15.2 Å². The van der Waals surface area contributed by atoms with Crippen LogP contribution in [-0.4, -0.2) is 28.4 Å². The molecule has 0 saturated heterocycles. The van der Waals surface area contributed by atoms with Crippen molar-refractivity contribution in [2.75, 3.05) is 0 Å². The van der Waals surface area contributed by atoms with Gasteiger partial charge in [0.2, 0.25) is 0 Å². The Hall–Kier alpha value is -1.62. The highest BCUT2D eigenvalue weighted by atomic mass is 19.1. The van der Waals surface area contributed by atoms with E-state index >= 15 is 0 Å². The number of benzene rings is 1. The maximum atomic E-state index is 12.9. The molecule has 118 valence electrons. The van der Waals surface area contributed by atoms with Crippen molar-refractivity contribution in [3.8, 4) is 0 Å². The van der Waals surface area contributed by atoms with Crippen molar-refractivity contribution in [3.63, 3.8) is 0 Å². The van der Waals surface area contributed by atoms with E-state index in [1.165, 1.54) is 12.1 Å². The number of carbonyl (C=O) groups excluding carboxylic acids is 1. The Labute approximate surface area is 125 Å². The maximum Gasteiger partial charge on any atom is 0.407 e. The molecule has 1 rings (SSSR count). The van der Waals surface area contributed by atoms with Gasteiger partial charge in [0.05, 0.1) is 11.6 Å². The van der Waals surface area contributed by atoms with Crippen molar-refractivity contribution >= 4 is 6.09 Å². The quantitative estimate of drug-likeness (QED) is 0.898. The Balaban J connectivity index is 2.77. The van der Waals surface area contributed by atoms with Gasteiger partial charge in [-0.25, -0.2) is 9.18 Å². The molecule has 4 nitrogen and oxygen atoms in total. The van der Waals surface area contributed by atoms with Gasteiger partial charge in [-0.1, -0.05) is 12.1 Å². The van der Waals surface area contributed by atoms with Crippen LogP contribution < -0.4 is 5.32 Å². The molecule has 0 aliphatic carbocycles. The van der Waals surface area contributed by atoms with Crippen LogP contribution in [-0.2, 0) is 11.2 Å². The van der Waals surface area contributed by atoms with Crippen LogP contribution in [0.3, 0.4) is 0 Å². The van der Waals surface area contributed by atoms with E-state index in [9.17, 15) is 14.3 Å². The number of aliphatic hydroxyl groups is 1. The van der Waals surface area contributed by atoms with Crippen molar-refractivity contribution < 1.29 is 19.0 Å². The third-order valence-electron chi connectivity index (χ3n) is 2.90. The van der Waals surface area contributed by atoms with E-state index in [0.717, 1.165) is 5.56 Å². The molecule has 0 aromatic heterocycles. The fraction of sp³-hybridized carbons (Fsp3) is 0.562. The molecule has 21 heavy (non-hydrogen) atoms. The largest absolute Gasteiger partial charge is 0.444 e. The average molecular weight is 297 g/mol. The number of rotatable bonds is 4. The Kier molecular flexibility index (Phi) is 5.34. The summed E-state index contributed by atoms with van der Waals surface area (Å²) in [6, 6.07) is 5.42. The summed E-state index contributed by atoms with van der Waals surface area (Å²) < 4.78 is 18.1. The van der Waals surface area contributed by atoms with Crippen molar-refractivity contribution in [3.05, 3.63) is 35.6 Å². The van der Waals surface area contributed by atoms with Gasteiger partial charge in [0.1, 0.15) is 11.4 Å². The molecular weight excluding hydrogens is 273 g/mol. The topological polar surface area (TPSA) is 58.6 Å². The molecule has 0 heterocycles. The highest BCUT2D eigenvalue weighted by Crippen LogP contribution is 2.16. The van der Waals surface area contributed by atoms with E-state index in [1.54, 1.807) is 46.8 Å². The molecule has 2 N–H and O–H groups in total. The first-order valence-corrected chi connectivity index (χ1v) is 6.94. The molecule has 0 bridgehead atoms. The molecule has 1 atom stereocenters. The van der Waals surface area contributed by atoms with Gasteiger partial charge in [0, 0.05) is 0 Å². The second kappa shape index (κ2) is 6.43. The monoisotopic (exact) mass is 297 g/mol. The van der Waals surface area contributed by atoms with Crippen LogP contribution in [0.5, 0.6) is 0 Å². The molecule has 0 radical (unpaired) electrons. The summed E-state index contributed by atoms with van der Waals surface area (Å²) in [5, 5.41) is 12.9. The molecule has 0 fully saturated rings. The van der Waals surface area contributed by atoms with E-state index < -0.39 is 23.3 Å². The Bertz CT molecular complexity index is 472. The third-order valence-corrected chi connectivity index (χ3v) is 2.90. The summed E-state index contributed by atoms with van der Waals surface area (Å²) >= 11 is 0. The van der Waals surface area contributed by atoms with Gasteiger partial charge in [-0.15, -0.1) is 0 Å². The zero-order valence-corrected chi connectivity index (χ0v) is 13.2. The number of hydrogen-bond acceptors (Lipinski definition) is 3. The van der Waals surface area contributed by atoms with Crippen LogP contribution in [0.15, 0.2) is 24.3 Å². The summed E-state index contributed by atoms with van der Waals surface area (Å²) in [5.41, 5.74) is -0.922. The van der Waals surface area contributed by atoms with Gasteiger partial charge in [-0.3, -0.25) is 0 Å². The lowest BCUT2D eigenvalue weighted by molar-refractivity contribution is 0.0170. The lowest BCUT2D eigenvalue weighted by Gasteiger charge is -2.31. The predicted molar refractivity (Wildman–Crippen MR) is 79.6 cm³/mol. The fourth-order valence-electron chi connectivity index (χ4n) is 1.78. The van der Waals surface area contributed by atoms with Crippen LogP contribution in [0.25, 0.3) is 0 Å². The second-order valence-corrected chi connectivity index (χ2v) is 6.68. The average Bonchev–Trinajstić information content (AvgIpc) is 2.27. The molecule has 0 spiro atoms. The maximum absolute atomic E-state index is 12.9. The van der Waals surface area contributed by atoms with Crippen LogP contribution in [0.4, 0.5) is 9.18 Å². The number of hydrogen-bond donors (Lipinski definition) is 2. The lowest BCUT2D eigenvalue weighted by atomic mass is 9.92. The number of alkyl carbamates (subject to hydrolysis) is 1. The summed E-state index contributed by atoms with van der Waals surface area (Å²) in [6.07, 6.45) is -0.208. The summed E-state index contributed by atoms with van der Waals surface area (Å²) in [5.74, 6) is -0.321. The SMILES string of the molecule is CC(C)(C)OC(=O)NC(Cc1ccc(F)cc1)C(C)(C)O.